The van der Waals surface area contributed by atoms with Crippen molar-refractivity contribution in [3.05, 3.63) is 228 Å². The van der Waals surface area contributed by atoms with Crippen LogP contribution < -0.4 is 81.6 Å². The van der Waals surface area contributed by atoms with Gasteiger partial charge in [0.1, 0.15) is 40.8 Å². The van der Waals surface area contributed by atoms with Gasteiger partial charge in [0, 0.05) is 221 Å². The molecule has 0 bridgehead atoms. The molecular formula is C88H100N34O7. The van der Waals surface area contributed by atoms with Crippen molar-refractivity contribution in [1.82, 2.24) is 111 Å². The summed E-state index contributed by atoms with van der Waals surface area (Å²) in [7, 11) is 4.80. The summed E-state index contributed by atoms with van der Waals surface area (Å²) in [6, 6.07) is 14.7. The minimum absolute atomic E-state index is 0.157. The van der Waals surface area contributed by atoms with Crippen molar-refractivity contribution in [2.75, 3.05) is 182 Å². The molecule has 129 heavy (non-hydrogen) atoms. The number of aliphatic imine (C=N–C) groups is 1. The largest absolute Gasteiger partial charge is 0.491 e. The number of hydrogen-bond donors (Lipinski definition) is 8. The normalized spacial score (nSPS) is 18.0. The van der Waals surface area contributed by atoms with E-state index in [9.17, 15) is 19.2 Å². The van der Waals surface area contributed by atoms with Gasteiger partial charge in [0.05, 0.1) is 134 Å². The molecule has 20 rings (SSSR count). The first kappa shape index (κ1) is 86.4. The van der Waals surface area contributed by atoms with Crippen LogP contribution >= 0.6 is 0 Å². The first-order valence-electron chi connectivity index (χ1n) is 43.1. The second-order valence-corrected chi connectivity index (χ2v) is 31.6. The number of methoxy groups -OCH3 is 3. The number of amides is 4. The van der Waals surface area contributed by atoms with Gasteiger partial charge in [0.2, 0.25) is 17.8 Å². The van der Waals surface area contributed by atoms with E-state index < -0.39 is 0 Å². The summed E-state index contributed by atoms with van der Waals surface area (Å²) >= 11 is 0. The van der Waals surface area contributed by atoms with E-state index in [2.05, 4.69) is 158 Å². The molecule has 41 nitrogen and oxygen atoms in total. The first-order valence-corrected chi connectivity index (χ1v) is 43.1. The lowest BCUT2D eigenvalue weighted by molar-refractivity contribution is 0.101. The lowest BCUT2D eigenvalue weighted by Crippen LogP contribution is -2.43. The third-order valence-corrected chi connectivity index (χ3v) is 23.4. The summed E-state index contributed by atoms with van der Waals surface area (Å²) in [5.41, 5.74) is 13.7. The Kier molecular flexibility index (Phi) is 27.6. The quantitative estimate of drug-likeness (QED) is 0.0517. The van der Waals surface area contributed by atoms with Gasteiger partial charge in [-0.2, -0.15) is 4.98 Å². The second kappa shape index (κ2) is 41.2. The van der Waals surface area contributed by atoms with Gasteiger partial charge in [-0.3, -0.25) is 39.1 Å². The predicted octanol–water partition coefficient (Wildman–Crippen LogP) is 5.61. The summed E-state index contributed by atoms with van der Waals surface area (Å²) < 4.78 is 16.0. The molecule has 3 unspecified atom stereocenters. The van der Waals surface area contributed by atoms with E-state index in [4.69, 9.17) is 19.2 Å². The molecule has 41 heteroatoms. The van der Waals surface area contributed by atoms with E-state index in [1.807, 2.05) is 52.1 Å². The van der Waals surface area contributed by atoms with Gasteiger partial charge in [-0.1, -0.05) is 0 Å². The van der Waals surface area contributed by atoms with Crippen LogP contribution in [-0.4, -0.2) is 251 Å². The minimum Gasteiger partial charge on any atom is -0.491 e. The number of ether oxygens (including phenoxy) is 3. The number of carbonyl (C=O) groups is 4. The summed E-state index contributed by atoms with van der Waals surface area (Å²) in [6.45, 7) is 19.7. The van der Waals surface area contributed by atoms with E-state index in [-0.39, 0.29) is 41.3 Å². The van der Waals surface area contributed by atoms with Crippen LogP contribution in [0.4, 0.5) is 63.3 Å². The molecule has 664 valence electrons. The zero-order chi connectivity index (χ0) is 88.4. The maximum absolute atomic E-state index is 13.2. The highest BCUT2D eigenvalue weighted by atomic mass is 16.5. The summed E-state index contributed by atoms with van der Waals surface area (Å²) in [5.74, 6) is 3.47. The SMILES string of the molecule is COC1=CC2CCC(c3nccc(C(=O)Nc4cnccc4N4CCNCC4)n3)CCC2N=C1OC.COc1ncc2c(n1)CN(c1nccc(C(=O)Nc3cnccc3N3CCNCC3)n1)C2.Cc1ncc2c(n1)CN(c1nccc(C(=O)Nc3cnccc3N3CCNCC3)n1)C2.O=C(Nc1cnccc1N1CCNCC1)c1ccnc(N2Cc3cncnc3C2)n1. The highest BCUT2D eigenvalue weighted by Crippen LogP contribution is 2.39. The van der Waals surface area contributed by atoms with Crippen molar-refractivity contribution in [2.24, 2.45) is 10.9 Å². The van der Waals surface area contributed by atoms with E-state index in [1.54, 1.807) is 125 Å². The third-order valence-electron chi connectivity index (χ3n) is 23.4. The molecule has 9 aliphatic rings. The Bertz CT molecular complexity index is 5820. The maximum atomic E-state index is 13.2. The smallest absolute Gasteiger partial charge is 0.316 e. The van der Waals surface area contributed by atoms with E-state index in [0.29, 0.717) is 126 Å². The van der Waals surface area contributed by atoms with Crippen molar-refractivity contribution in [3.63, 3.8) is 0 Å². The molecule has 4 saturated heterocycles. The summed E-state index contributed by atoms with van der Waals surface area (Å²) in [5, 5.41) is 25.3. The standard InChI is InChI=1S/C26H33N7O3.C21H23N9O2.C21H23N9O.C20H21N9O/c1-35-23-15-18-4-3-17(5-6-19(18)32-26(23)36-2)24-29-10-7-20(30-24)25(34)31-21-16-28-9-8-22(21)33-13-11-27-12-14-33;1-32-21-25-10-14-12-30(13-17(14)28-21)20-24-5-2-15(27-20)19(31)26-16-11-23-4-3-18(16)29-8-6-22-7-9-29;1-14-25-10-15-12-30(13-18(15)26-14)21-24-5-2-16(28-21)20(31)27-17-11-23-4-3-19(17)29-8-6-22-7-9-29;30-19(26-16-10-22-3-2-18(16)28-7-5-21-6-8-28)15-1-4-24-20(27-15)29-11-14-9-23-13-25-17(14)12-29/h7-10,15-19,27H,3-6,11-14H2,1-2H3,(H,31,34);2-5,10-11,22H,6-9,12-13H2,1H3,(H,26,31);2-5,10-11,22H,6-9,12-13H2,1H3,(H,27,31);1-4,9-10,13,21H,5-8,11-12H2,(H,26,30). The molecule has 5 fully saturated rings. The van der Waals surface area contributed by atoms with Gasteiger partial charge in [-0.25, -0.2) is 69.8 Å². The average Bonchev–Trinajstić information content (AvgIpc) is 1.68. The number of anilines is 11. The molecule has 0 aromatic carbocycles. The Labute approximate surface area is 743 Å². The summed E-state index contributed by atoms with van der Waals surface area (Å²) in [6.07, 6.45) is 32.9. The second-order valence-electron chi connectivity index (χ2n) is 31.6. The van der Waals surface area contributed by atoms with Crippen molar-refractivity contribution < 1.29 is 33.4 Å². The zero-order valence-corrected chi connectivity index (χ0v) is 72.0. The Morgan fingerprint density at radius 1 is 0.364 bits per heavy atom. The topological polar surface area (TPSA) is 459 Å². The Morgan fingerprint density at radius 2 is 0.760 bits per heavy atom. The number of pyridine rings is 4. The Balaban J connectivity index is 0.000000121. The highest BCUT2D eigenvalue weighted by molar-refractivity contribution is 6.07. The zero-order valence-electron chi connectivity index (χ0n) is 72.0. The van der Waals surface area contributed by atoms with Gasteiger partial charge in [-0.15, -0.1) is 0 Å². The fraction of sp³-hybridized carbons (Fsp3) is 0.375. The molecule has 3 atom stereocenters. The monoisotopic (exact) mass is 1740 g/mol. The lowest BCUT2D eigenvalue weighted by Gasteiger charge is -2.30. The van der Waals surface area contributed by atoms with Crippen molar-refractivity contribution in [1.29, 1.82) is 0 Å². The van der Waals surface area contributed by atoms with E-state index in [0.717, 1.165) is 193 Å². The number of fused-ring (bicyclic) bond motifs is 4. The lowest BCUT2D eigenvalue weighted by atomic mass is 9.92. The Hall–Kier alpha value is -14.7. The maximum Gasteiger partial charge on any atom is 0.316 e. The van der Waals surface area contributed by atoms with Crippen molar-refractivity contribution in [3.8, 4) is 6.01 Å². The van der Waals surface area contributed by atoms with Crippen LogP contribution in [0.15, 0.2) is 165 Å². The molecule has 11 aromatic heterocycles. The van der Waals surface area contributed by atoms with Crippen LogP contribution in [0, 0.1) is 12.8 Å². The molecule has 0 radical (unpaired) electrons. The van der Waals surface area contributed by atoms with Crippen LogP contribution in [0.1, 0.15) is 119 Å². The highest BCUT2D eigenvalue weighted by Gasteiger charge is 2.35. The van der Waals surface area contributed by atoms with E-state index in [1.165, 1.54) is 13.4 Å². The molecule has 1 saturated carbocycles. The van der Waals surface area contributed by atoms with Crippen LogP contribution in [0.5, 0.6) is 6.01 Å². The number of rotatable bonds is 18. The number of aromatic nitrogens is 18. The van der Waals surface area contributed by atoms with Crippen LogP contribution in [0.3, 0.4) is 0 Å². The minimum atomic E-state index is -0.309. The third kappa shape index (κ3) is 21.0. The summed E-state index contributed by atoms with van der Waals surface area (Å²) in [4.78, 5) is 150. The molecule has 8 aliphatic heterocycles. The molecule has 19 heterocycles. The van der Waals surface area contributed by atoms with Crippen LogP contribution in [0.2, 0.25) is 0 Å². The number of hydrogen-bond acceptors (Lipinski definition) is 37. The van der Waals surface area contributed by atoms with Gasteiger partial charge >= 0.3 is 6.01 Å². The van der Waals surface area contributed by atoms with Gasteiger partial charge in [0.15, 0.2) is 5.76 Å². The predicted molar refractivity (Wildman–Crippen MR) is 482 cm³/mol. The van der Waals surface area contributed by atoms with Gasteiger partial charge < -0.3 is 91.0 Å². The first-order chi connectivity index (χ1) is 63.3. The number of nitrogens with zero attached hydrogens (tertiary/aromatic N) is 26. The fourth-order valence-corrected chi connectivity index (χ4v) is 16.7. The molecule has 0 spiro atoms. The van der Waals surface area contributed by atoms with E-state index >= 15 is 0 Å². The van der Waals surface area contributed by atoms with Crippen molar-refractivity contribution in [2.45, 2.75) is 83.8 Å². The van der Waals surface area contributed by atoms with Crippen LogP contribution in [-0.2, 0) is 48.7 Å². The molecule has 8 N–H and O–H groups in total. The average molecular weight is 1750 g/mol. The van der Waals surface area contributed by atoms with Crippen LogP contribution in [0.25, 0.3) is 0 Å². The Morgan fingerprint density at radius 3 is 1.18 bits per heavy atom. The fourth-order valence-electron chi connectivity index (χ4n) is 16.7. The number of carbonyl (C=O) groups excluding carboxylic acids is 4. The van der Waals surface area contributed by atoms with Gasteiger partial charge in [-0.05, 0) is 87.2 Å². The molecule has 1 aliphatic carbocycles. The molecular weight excluding hydrogens is 1650 g/mol. The van der Waals surface area contributed by atoms with Gasteiger partial charge in [0.25, 0.3) is 29.5 Å². The number of piperazine rings is 4. The number of nitrogens with one attached hydrogen (secondary N) is 8. The molecule has 4 amide bonds. The number of aryl methyl sites for hydroxylation is 1. The van der Waals surface area contributed by atoms with Crippen molar-refractivity contribution >= 4 is 92.9 Å². The molecule has 11 aromatic rings. The number of dihydropyridines is 1.